The van der Waals surface area contributed by atoms with Crippen molar-refractivity contribution in [2.24, 2.45) is 11.8 Å². The molecule has 0 aromatic heterocycles. The summed E-state index contributed by atoms with van der Waals surface area (Å²) in [6.07, 6.45) is 10.1. The smallest absolute Gasteiger partial charge is 0.408 e. The van der Waals surface area contributed by atoms with Crippen molar-refractivity contribution in [3.05, 3.63) is 35.4 Å². The van der Waals surface area contributed by atoms with E-state index >= 15 is 0 Å². The van der Waals surface area contributed by atoms with Crippen molar-refractivity contribution in [2.75, 3.05) is 6.54 Å². The van der Waals surface area contributed by atoms with Crippen molar-refractivity contribution >= 4 is 17.9 Å². The lowest BCUT2D eigenvalue weighted by Crippen LogP contribution is -2.57. The van der Waals surface area contributed by atoms with E-state index in [0.717, 1.165) is 25.7 Å². The van der Waals surface area contributed by atoms with Crippen LogP contribution in [0.4, 0.5) is 4.79 Å². The summed E-state index contributed by atoms with van der Waals surface area (Å²) in [5.41, 5.74) is 0.661. The lowest BCUT2D eigenvalue weighted by molar-refractivity contribution is -0.146. The summed E-state index contributed by atoms with van der Waals surface area (Å²) in [7, 11) is 0. The number of carbonyl (C=O) groups excluding carboxylic acids is 3. The first-order chi connectivity index (χ1) is 18.7. The topological polar surface area (TPSA) is 87.7 Å². The highest BCUT2D eigenvalue weighted by molar-refractivity contribution is 5.92. The van der Waals surface area contributed by atoms with E-state index in [1.54, 1.807) is 37.8 Å². The third-order valence-corrected chi connectivity index (χ3v) is 7.04. The van der Waals surface area contributed by atoms with Gasteiger partial charge in [-0.2, -0.15) is 0 Å². The van der Waals surface area contributed by atoms with Gasteiger partial charge in [-0.15, -0.1) is 6.42 Å². The van der Waals surface area contributed by atoms with Gasteiger partial charge in [0.15, 0.2) is 0 Å². The molecule has 0 fully saturated rings. The lowest BCUT2D eigenvalue weighted by Gasteiger charge is -2.40. The maximum Gasteiger partial charge on any atom is 0.408 e. The Labute approximate surface area is 243 Å². The molecule has 0 aliphatic heterocycles. The van der Waals surface area contributed by atoms with Crippen LogP contribution in [0.3, 0.4) is 0 Å². The van der Waals surface area contributed by atoms with Gasteiger partial charge in [0, 0.05) is 18.2 Å². The predicted molar refractivity (Wildman–Crippen MR) is 163 cm³/mol. The number of unbranched alkanes of at least 4 members (excludes halogenated alkanes) is 2. The van der Waals surface area contributed by atoms with E-state index in [-0.39, 0.29) is 23.8 Å². The van der Waals surface area contributed by atoms with Gasteiger partial charge in [-0.25, -0.2) is 4.79 Å². The summed E-state index contributed by atoms with van der Waals surface area (Å²) in [6.45, 7) is 18.2. The molecule has 224 valence electrons. The summed E-state index contributed by atoms with van der Waals surface area (Å²) in [5.74, 6) is 2.32. The van der Waals surface area contributed by atoms with Crippen molar-refractivity contribution in [1.82, 2.24) is 15.5 Å². The van der Waals surface area contributed by atoms with Crippen molar-refractivity contribution in [1.29, 1.82) is 0 Å². The van der Waals surface area contributed by atoms with Gasteiger partial charge in [0.2, 0.25) is 11.8 Å². The monoisotopic (exact) mass is 555 g/mol. The predicted octanol–water partition coefficient (Wildman–Crippen LogP) is 6.61. The minimum absolute atomic E-state index is 0.183. The van der Waals surface area contributed by atoms with E-state index in [9.17, 15) is 14.4 Å². The molecular weight excluding hydrogens is 502 g/mol. The first-order valence-corrected chi connectivity index (χ1v) is 14.9. The second-order valence-electron chi connectivity index (χ2n) is 12.2. The minimum Gasteiger partial charge on any atom is -0.444 e. The first kappa shape index (κ1) is 35.0. The Bertz CT molecular complexity index is 975. The molecule has 2 N–H and O–H groups in total. The summed E-state index contributed by atoms with van der Waals surface area (Å²) < 4.78 is 5.51. The molecule has 3 amide bonds. The van der Waals surface area contributed by atoms with Crippen molar-refractivity contribution in [3.63, 3.8) is 0 Å². The van der Waals surface area contributed by atoms with Gasteiger partial charge in [-0.3, -0.25) is 9.59 Å². The average molecular weight is 556 g/mol. The van der Waals surface area contributed by atoms with E-state index in [2.05, 4.69) is 37.3 Å². The van der Waals surface area contributed by atoms with Crippen LogP contribution in [-0.4, -0.2) is 47.0 Å². The number of nitrogens with one attached hydrogen (secondary N) is 2. The Morgan fingerprint density at radius 2 is 1.62 bits per heavy atom. The van der Waals surface area contributed by atoms with Crippen molar-refractivity contribution in [2.45, 2.75) is 125 Å². The van der Waals surface area contributed by atoms with Crippen LogP contribution in [0.5, 0.6) is 0 Å². The quantitative estimate of drug-likeness (QED) is 0.188. The third-order valence-electron chi connectivity index (χ3n) is 7.04. The zero-order valence-corrected chi connectivity index (χ0v) is 26.3. The van der Waals surface area contributed by atoms with Crippen LogP contribution in [0.25, 0.3) is 0 Å². The van der Waals surface area contributed by atoms with E-state index in [1.165, 1.54) is 0 Å². The van der Waals surface area contributed by atoms with Crippen molar-refractivity contribution in [3.8, 4) is 12.3 Å². The molecule has 0 aliphatic carbocycles. The second-order valence-corrected chi connectivity index (χ2v) is 12.2. The molecule has 0 aliphatic rings. The number of terminal acetylenes is 1. The van der Waals surface area contributed by atoms with Gasteiger partial charge in [0.1, 0.15) is 17.7 Å². The zero-order chi connectivity index (χ0) is 30.5. The maximum absolute atomic E-state index is 14.5. The van der Waals surface area contributed by atoms with Gasteiger partial charge in [-0.1, -0.05) is 71.9 Å². The number of rotatable bonds is 15. The van der Waals surface area contributed by atoms with Gasteiger partial charge < -0.3 is 20.3 Å². The molecule has 7 heteroatoms. The number of nitrogens with zero attached hydrogens (tertiary/aromatic N) is 1. The number of ether oxygens (including phenoxy) is 1. The highest BCUT2D eigenvalue weighted by Crippen LogP contribution is 2.29. The van der Waals surface area contributed by atoms with Crippen LogP contribution >= 0.6 is 0 Å². The Hall–Kier alpha value is -3.01. The van der Waals surface area contributed by atoms with Crippen LogP contribution in [0.1, 0.15) is 118 Å². The van der Waals surface area contributed by atoms with Gasteiger partial charge in [0.05, 0.1) is 0 Å². The fourth-order valence-electron chi connectivity index (χ4n) is 4.47. The summed E-state index contributed by atoms with van der Waals surface area (Å²) in [4.78, 5) is 42.9. The van der Waals surface area contributed by atoms with Crippen LogP contribution in [0.2, 0.25) is 0 Å². The molecule has 0 heterocycles. The third kappa shape index (κ3) is 11.6. The van der Waals surface area contributed by atoms with Crippen LogP contribution in [0.15, 0.2) is 24.3 Å². The summed E-state index contributed by atoms with van der Waals surface area (Å²) in [5, 5.41) is 5.91. The number of amides is 3. The highest BCUT2D eigenvalue weighted by atomic mass is 16.6. The minimum atomic E-state index is -0.880. The summed E-state index contributed by atoms with van der Waals surface area (Å²) >= 11 is 0. The molecule has 7 nitrogen and oxygen atoms in total. The van der Waals surface area contributed by atoms with Crippen LogP contribution < -0.4 is 10.6 Å². The van der Waals surface area contributed by atoms with Crippen LogP contribution in [-0.2, 0) is 14.3 Å². The number of hydrogen-bond acceptors (Lipinski definition) is 4. The molecule has 4 atom stereocenters. The molecule has 0 radical (unpaired) electrons. The molecule has 1 aromatic rings. The van der Waals surface area contributed by atoms with Gasteiger partial charge >= 0.3 is 6.09 Å². The molecular formula is C33H53N3O4. The fraction of sp³-hybridized carbons (Fsp3) is 0.667. The zero-order valence-electron chi connectivity index (χ0n) is 26.3. The molecule has 1 rings (SSSR count). The lowest BCUT2D eigenvalue weighted by atomic mass is 9.93. The Morgan fingerprint density at radius 1 is 1.00 bits per heavy atom. The molecule has 4 unspecified atom stereocenters. The van der Waals surface area contributed by atoms with E-state index < -0.39 is 23.8 Å². The standard InChI is InChI=1S/C33H53N3O4/c1-11-14-15-22-34-30(37)29(27-20-18-26(13-3)19-21-27)36(25(7)17-16-23(4)5)31(38)28(24(6)12-2)35-32(39)40-33(8,9)10/h3,18-21,23-25,28-29H,11-12,14-17,22H2,1-2,4-10H3,(H,34,37)(H,35,39). The maximum atomic E-state index is 14.5. The Balaban J connectivity index is 3.62. The number of carbonyl (C=O) groups is 3. The molecule has 40 heavy (non-hydrogen) atoms. The molecule has 0 saturated carbocycles. The van der Waals surface area contributed by atoms with E-state index in [1.807, 2.05) is 32.9 Å². The SMILES string of the molecule is C#Cc1ccc(C(C(=O)NCCCCC)N(C(=O)C(NC(=O)OC(C)(C)C)C(C)CC)C(C)CCC(C)C)cc1. The molecule has 0 saturated heterocycles. The summed E-state index contributed by atoms with van der Waals surface area (Å²) in [6, 6.07) is 5.22. The number of alkyl carbamates (subject to hydrolysis) is 1. The van der Waals surface area contributed by atoms with Crippen molar-refractivity contribution < 1.29 is 19.1 Å². The average Bonchev–Trinajstić information content (AvgIpc) is 2.89. The van der Waals surface area contributed by atoms with E-state index in [0.29, 0.717) is 36.4 Å². The van der Waals surface area contributed by atoms with Gasteiger partial charge in [0.25, 0.3) is 0 Å². The number of hydrogen-bond donors (Lipinski definition) is 2. The second kappa shape index (κ2) is 16.9. The molecule has 0 bridgehead atoms. The van der Waals surface area contributed by atoms with Crippen LogP contribution in [0, 0.1) is 24.2 Å². The molecule has 0 spiro atoms. The highest BCUT2D eigenvalue weighted by Gasteiger charge is 2.40. The fourth-order valence-corrected chi connectivity index (χ4v) is 4.47. The normalized spacial score (nSPS) is 14.4. The largest absolute Gasteiger partial charge is 0.444 e. The van der Waals surface area contributed by atoms with Gasteiger partial charge in [-0.05, 0) is 76.5 Å². The Morgan fingerprint density at radius 3 is 2.12 bits per heavy atom. The molecule has 1 aromatic carbocycles. The van der Waals surface area contributed by atoms with E-state index in [4.69, 9.17) is 11.2 Å². The first-order valence-electron chi connectivity index (χ1n) is 14.9. The Kier molecular flexibility index (Phi) is 14.8. The number of benzene rings is 1.